The van der Waals surface area contributed by atoms with Gasteiger partial charge in [-0.3, -0.25) is 9.78 Å². The van der Waals surface area contributed by atoms with Crippen LogP contribution < -0.4 is 10.1 Å². The van der Waals surface area contributed by atoms with Gasteiger partial charge in [0.1, 0.15) is 28.9 Å². The van der Waals surface area contributed by atoms with Gasteiger partial charge in [0.25, 0.3) is 5.91 Å². The number of amides is 1. The summed E-state index contributed by atoms with van der Waals surface area (Å²) < 4.78 is 38.0. The number of ether oxygens (including phenoxy) is 1. The Labute approximate surface area is 189 Å². The van der Waals surface area contributed by atoms with Gasteiger partial charge in [-0.15, -0.1) is 0 Å². The lowest BCUT2D eigenvalue weighted by molar-refractivity contribution is 0.0950. The maximum atomic E-state index is 13.4. The maximum absolute atomic E-state index is 13.4. The van der Waals surface area contributed by atoms with Gasteiger partial charge in [-0.1, -0.05) is 11.2 Å². The fourth-order valence-corrected chi connectivity index (χ4v) is 3.55. The molecular formula is C25H21F2N3O3. The average Bonchev–Trinajstić information content (AvgIpc) is 3.11. The highest BCUT2D eigenvalue weighted by molar-refractivity contribution is 5.96. The lowest BCUT2D eigenvalue weighted by Gasteiger charge is -2.13. The van der Waals surface area contributed by atoms with E-state index in [4.69, 9.17) is 9.26 Å². The van der Waals surface area contributed by atoms with E-state index in [0.717, 1.165) is 17.3 Å². The van der Waals surface area contributed by atoms with Gasteiger partial charge in [0.05, 0.1) is 17.0 Å². The van der Waals surface area contributed by atoms with E-state index in [-0.39, 0.29) is 12.5 Å². The van der Waals surface area contributed by atoms with Crippen LogP contribution in [-0.2, 0) is 6.54 Å². The molecule has 0 fully saturated rings. The Kier molecular flexibility index (Phi) is 6.17. The zero-order chi connectivity index (χ0) is 23.5. The first kappa shape index (κ1) is 22.1. The Hall–Kier alpha value is -4.07. The summed E-state index contributed by atoms with van der Waals surface area (Å²) in [6, 6.07) is 11.7. The minimum Gasteiger partial charge on any atom is -0.457 e. The molecule has 168 valence electrons. The minimum absolute atomic E-state index is 0.0107. The molecule has 6 nitrogen and oxygen atoms in total. The van der Waals surface area contributed by atoms with Crippen LogP contribution in [0.1, 0.15) is 32.9 Å². The van der Waals surface area contributed by atoms with E-state index >= 15 is 0 Å². The average molecular weight is 449 g/mol. The predicted octanol–water partition coefficient (Wildman–Crippen LogP) is 5.66. The monoisotopic (exact) mass is 449 g/mol. The third-order valence-electron chi connectivity index (χ3n) is 5.15. The highest BCUT2D eigenvalue weighted by Gasteiger charge is 2.16. The summed E-state index contributed by atoms with van der Waals surface area (Å²) in [5.74, 6) is -0.0801. The van der Waals surface area contributed by atoms with Crippen molar-refractivity contribution in [3.05, 3.63) is 94.5 Å². The second kappa shape index (κ2) is 9.20. The van der Waals surface area contributed by atoms with E-state index in [2.05, 4.69) is 15.5 Å². The molecule has 8 heteroatoms. The molecule has 1 N–H and O–H groups in total. The fourth-order valence-electron chi connectivity index (χ4n) is 3.55. The van der Waals surface area contributed by atoms with Crippen LogP contribution in [0.15, 0.2) is 59.3 Å². The van der Waals surface area contributed by atoms with Gasteiger partial charge in [-0.2, -0.15) is 0 Å². The van der Waals surface area contributed by atoms with Crippen molar-refractivity contribution >= 4 is 5.91 Å². The molecule has 0 spiro atoms. The normalized spacial score (nSPS) is 10.8. The van der Waals surface area contributed by atoms with Crippen LogP contribution in [0.25, 0.3) is 11.3 Å². The van der Waals surface area contributed by atoms with Gasteiger partial charge in [0, 0.05) is 36.0 Å². The van der Waals surface area contributed by atoms with Crippen LogP contribution in [0.3, 0.4) is 0 Å². The smallest absolute Gasteiger partial charge is 0.251 e. The van der Waals surface area contributed by atoms with Crippen molar-refractivity contribution in [2.75, 3.05) is 0 Å². The molecule has 2 aromatic carbocycles. The third kappa shape index (κ3) is 4.90. The van der Waals surface area contributed by atoms with E-state index in [1.54, 1.807) is 43.5 Å². The Balaban J connectivity index is 1.53. The van der Waals surface area contributed by atoms with Crippen molar-refractivity contribution in [2.45, 2.75) is 27.3 Å². The van der Waals surface area contributed by atoms with Crippen molar-refractivity contribution in [3.8, 4) is 22.8 Å². The van der Waals surface area contributed by atoms with Crippen LogP contribution >= 0.6 is 0 Å². The molecule has 2 heterocycles. The summed E-state index contributed by atoms with van der Waals surface area (Å²) in [6.07, 6.45) is 1.63. The van der Waals surface area contributed by atoms with E-state index < -0.39 is 11.6 Å². The van der Waals surface area contributed by atoms with Gasteiger partial charge in [-0.25, -0.2) is 8.78 Å². The topological polar surface area (TPSA) is 77.2 Å². The Morgan fingerprint density at radius 1 is 1.06 bits per heavy atom. The number of halogens is 2. The quantitative estimate of drug-likeness (QED) is 0.411. The summed E-state index contributed by atoms with van der Waals surface area (Å²) in [5, 5.41) is 6.64. The predicted molar refractivity (Wildman–Crippen MR) is 118 cm³/mol. The first-order valence-electron chi connectivity index (χ1n) is 10.2. The minimum atomic E-state index is -0.695. The maximum Gasteiger partial charge on any atom is 0.251 e. The number of benzene rings is 2. The molecule has 4 rings (SSSR count). The summed E-state index contributed by atoms with van der Waals surface area (Å²) in [5.41, 5.74) is 3.54. The first-order chi connectivity index (χ1) is 15.8. The molecule has 0 atom stereocenters. The standard InChI is InChI=1S/C25H21F2N3O3/c1-14-21(25(31)29-13-17-9-18(26)11-19(27)10-17)5-4-6-23(14)32-20-7-8-28-22(12-20)24-15(2)30-33-16(24)3/h4-12H,13H2,1-3H3,(H,29,31). The van der Waals surface area contributed by atoms with Crippen molar-refractivity contribution < 1.29 is 22.8 Å². The van der Waals surface area contributed by atoms with Gasteiger partial charge >= 0.3 is 0 Å². The molecule has 2 aromatic heterocycles. The van der Waals surface area contributed by atoms with Crippen LogP contribution in [0.2, 0.25) is 0 Å². The molecule has 0 saturated carbocycles. The first-order valence-corrected chi connectivity index (χ1v) is 10.2. The molecule has 1 amide bonds. The third-order valence-corrected chi connectivity index (χ3v) is 5.15. The number of pyridine rings is 1. The zero-order valence-electron chi connectivity index (χ0n) is 18.3. The molecule has 0 aliphatic heterocycles. The number of aromatic nitrogens is 2. The van der Waals surface area contributed by atoms with Crippen LogP contribution in [0, 0.1) is 32.4 Å². The number of carbonyl (C=O) groups excluding carboxylic acids is 1. The van der Waals surface area contributed by atoms with Gasteiger partial charge in [0.2, 0.25) is 0 Å². The van der Waals surface area contributed by atoms with Crippen molar-refractivity contribution in [1.82, 2.24) is 15.5 Å². The molecular weight excluding hydrogens is 428 g/mol. The van der Waals surface area contributed by atoms with Crippen LogP contribution in [-0.4, -0.2) is 16.0 Å². The van der Waals surface area contributed by atoms with Crippen molar-refractivity contribution in [1.29, 1.82) is 0 Å². The number of nitrogens with one attached hydrogen (secondary N) is 1. The van der Waals surface area contributed by atoms with Crippen LogP contribution in [0.4, 0.5) is 8.78 Å². The van der Waals surface area contributed by atoms with E-state index in [9.17, 15) is 13.6 Å². The second-order valence-corrected chi connectivity index (χ2v) is 7.57. The molecule has 33 heavy (non-hydrogen) atoms. The molecule has 0 bridgehead atoms. The largest absolute Gasteiger partial charge is 0.457 e. The molecule has 0 aliphatic rings. The second-order valence-electron chi connectivity index (χ2n) is 7.57. The Morgan fingerprint density at radius 3 is 2.52 bits per heavy atom. The number of nitrogens with zero attached hydrogens (tertiary/aromatic N) is 2. The summed E-state index contributed by atoms with van der Waals surface area (Å²) >= 11 is 0. The lowest BCUT2D eigenvalue weighted by Crippen LogP contribution is -2.23. The van der Waals surface area contributed by atoms with Gasteiger partial charge in [-0.05, 0) is 56.7 Å². The number of aryl methyl sites for hydroxylation is 2. The molecule has 0 saturated heterocycles. The lowest BCUT2D eigenvalue weighted by atomic mass is 10.1. The van der Waals surface area contributed by atoms with Gasteiger partial charge in [0.15, 0.2) is 0 Å². The van der Waals surface area contributed by atoms with Crippen molar-refractivity contribution in [2.24, 2.45) is 0 Å². The summed E-state index contributed by atoms with van der Waals surface area (Å²) in [6.45, 7) is 5.41. The fraction of sp³-hybridized carbons (Fsp3) is 0.160. The highest BCUT2D eigenvalue weighted by Crippen LogP contribution is 2.31. The number of rotatable bonds is 6. The molecule has 0 aliphatic carbocycles. The molecule has 0 unspecified atom stereocenters. The van der Waals surface area contributed by atoms with E-state index in [1.807, 2.05) is 13.8 Å². The number of hydrogen-bond acceptors (Lipinski definition) is 5. The van der Waals surface area contributed by atoms with Gasteiger partial charge < -0.3 is 14.6 Å². The Morgan fingerprint density at radius 2 is 1.82 bits per heavy atom. The highest BCUT2D eigenvalue weighted by atomic mass is 19.1. The van der Waals surface area contributed by atoms with E-state index in [1.165, 1.54) is 12.1 Å². The number of carbonyl (C=O) groups is 1. The summed E-state index contributed by atoms with van der Waals surface area (Å²) in [4.78, 5) is 17.1. The SMILES string of the molecule is Cc1noc(C)c1-c1cc(Oc2cccc(C(=O)NCc3cc(F)cc(F)c3)c2C)ccn1. The molecule has 4 aromatic rings. The number of hydrogen-bond donors (Lipinski definition) is 1. The zero-order valence-corrected chi connectivity index (χ0v) is 18.3. The molecule has 0 radical (unpaired) electrons. The van der Waals surface area contributed by atoms with E-state index in [0.29, 0.717) is 39.6 Å². The summed E-state index contributed by atoms with van der Waals surface area (Å²) in [7, 11) is 0. The Bertz CT molecular complexity index is 1290. The van der Waals surface area contributed by atoms with Crippen LogP contribution in [0.5, 0.6) is 11.5 Å². The van der Waals surface area contributed by atoms with Crippen molar-refractivity contribution in [3.63, 3.8) is 0 Å².